The third kappa shape index (κ3) is 1.23. The second kappa shape index (κ2) is 4.13. The van der Waals surface area contributed by atoms with E-state index in [4.69, 9.17) is 0 Å². The lowest BCUT2D eigenvalue weighted by Gasteiger charge is -2.19. The first-order valence-corrected chi connectivity index (χ1v) is 8.65. The van der Waals surface area contributed by atoms with E-state index in [0.717, 1.165) is 11.8 Å². The molecule has 2 atom stereocenters. The van der Waals surface area contributed by atoms with Gasteiger partial charge in [0.1, 0.15) is 0 Å². The Morgan fingerprint density at radius 3 is 1.64 bits per heavy atom. The van der Waals surface area contributed by atoms with Crippen LogP contribution in [0.5, 0.6) is 0 Å². The molecule has 0 nitrogen and oxygen atoms in total. The van der Waals surface area contributed by atoms with E-state index in [-0.39, 0.29) is 5.41 Å². The van der Waals surface area contributed by atoms with Crippen LogP contribution in [-0.2, 0) is 5.41 Å². The highest BCUT2D eigenvalue weighted by atomic mass is 14.9. The van der Waals surface area contributed by atoms with E-state index in [1.807, 2.05) is 0 Å². The standard InChI is InChI=1S/C22H22/c1-16-21(17-10-4-2-5-11-17,18-12-6-3-7-13-18)22(16)19-14-8-9-15-20(19)22/h2-7,10-13,19-20H,1,8-9,14-15H2. The maximum absolute atomic E-state index is 4.61. The smallest absolute Gasteiger partial charge is 0.0513 e. The van der Waals surface area contributed by atoms with Gasteiger partial charge in [0.2, 0.25) is 0 Å². The molecule has 0 bridgehead atoms. The highest BCUT2D eigenvalue weighted by Crippen LogP contribution is 2.91. The van der Waals surface area contributed by atoms with E-state index in [1.165, 1.54) is 42.4 Å². The predicted molar refractivity (Wildman–Crippen MR) is 90.7 cm³/mol. The molecule has 3 aliphatic rings. The van der Waals surface area contributed by atoms with E-state index in [0.29, 0.717) is 5.41 Å². The SMILES string of the molecule is C=C1C(c2ccccc2)(c2ccccc2)C12C1CCCCC12. The molecule has 0 aliphatic heterocycles. The molecule has 0 radical (unpaired) electrons. The van der Waals surface area contributed by atoms with Crippen molar-refractivity contribution in [3.05, 3.63) is 83.9 Å². The van der Waals surface area contributed by atoms with Crippen LogP contribution < -0.4 is 0 Å². The topological polar surface area (TPSA) is 0 Å². The van der Waals surface area contributed by atoms with Gasteiger partial charge in [-0.15, -0.1) is 0 Å². The molecule has 3 aliphatic carbocycles. The first-order valence-electron chi connectivity index (χ1n) is 8.65. The Morgan fingerprint density at radius 1 is 0.727 bits per heavy atom. The highest BCUT2D eigenvalue weighted by Gasteiger charge is 2.88. The molecule has 2 aromatic carbocycles. The second-order valence-electron chi connectivity index (χ2n) is 7.33. The van der Waals surface area contributed by atoms with Gasteiger partial charge in [0, 0.05) is 5.41 Å². The summed E-state index contributed by atoms with van der Waals surface area (Å²) in [7, 11) is 0. The van der Waals surface area contributed by atoms with Crippen LogP contribution in [0, 0.1) is 17.3 Å². The maximum Gasteiger partial charge on any atom is 0.0513 e. The number of fused-ring (bicyclic) bond motifs is 3. The highest BCUT2D eigenvalue weighted by molar-refractivity contribution is 5.72. The van der Waals surface area contributed by atoms with Crippen LogP contribution in [0.3, 0.4) is 0 Å². The van der Waals surface area contributed by atoms with Gasteiger partial charge in [-0.05, 0) is 35.8 Å². The Kier molecular flexibility index (Phi) is 2.38. The average molecular weight is 286 g/mol. The normalized spacial score (nSPS) is 34.3. The van der Waals surface area contributed by atoms with E-state index in [9.17, 15) is 0 Å². The van der Waals surface area contributed by atoms with Crippen molar-refractivity contribution in [3.63, 3.8) is 0 Å². The van der Waals surface area contributed by atoms with Crippen molar-refractivity contribution >= 4 is 0 Å². The molecule has 0 amide bonds. The van der Waals surface area contributed by atoms with E-state index in [1.54, 1.807) is 0 Å². The van der Waals surface area contributed by atoms with E-state index >= 15 is 0 Å². The van der Waals surface area contributed by atoms with Crippen molar-refractivity contribution in [2.24, 2.45) is 17.3 Å². The molecule has 2 unspecified atom stereocenters. The van der Waals surface area contributed by atoms with Gasteiger partial charge in [-0.1, -0.05) is 85.7 Å². The Bertz CT molecular complexity index is 674. The molecule has 0 N–H and O–H groups in total. The summed E-state index contributed by atoms with van der Waals surface area (Å²) >= 11 is 0. The van der Waals surface area contributed by atoms with Gasteiger partial charge in [-0.2, -0.15) is 0 Å². The van der Waals surface area contributed by atoms with Crippen molar-refractivity contribution in [1.29, 1.82) is 0 Å². The third-order valence-electron chi connectivity index (χ3n) is 6.75. The zero-order chi connectivity index (χ0) is 14.8. The van der Waals surface area contributed by atoms with Gasteiger partial charge >= 0.3 is 0 Å². The Hall–Kier alpha value is -1.82. The lowest BCUT2D eigenvalue weighted by Crippen LogP contribution is -2.14. The zero-order valence-electron chi connectivity index (χ0n) is 13.0. The molecule has 0 heteroatoms. The van der Waals surface area contributed by atoms with Crippen LogP contribution in [0.1, 0.15) is 36.8 Å². The molecule has 22 heavy (non-hydrogen) atoms. The minimum absolute atomic E-state index is 0.0925. The molecule has 3 fully saturated rings. The van der Waals surface area contributed by atoms with Gasteiger partial charge in [0.05, 0.1) is 5.41 Å². The molecule has 110 valence electrons. The first kappa shape index (κ1) is 12.7. The van der Waals surface area contributed by atoms with E-state index in [2.05, 4.69) is 67.2 Å². The molecule has 0 aromatic heterocycles. The largest absolute Gasteiger partial charge is 0.0980 e. The zero-order valence-corrected chi connectivity index (χ0v) is 13.0. The van der Waals surface area contributed by atoms with Gasteiger partial charge in [0.25, 0.3) is 0 Å². The minimum Gasteiger partial charge on any atom is -0.0980 e. The number of rotatable bonds is 2. The monoisotopic (exact) mass is 286 g/mol. The van der Waals surface area contributed by atoms with E-state index < -0.39 is 0 Å². The number of hydrogen-bond donors (Lipinski definition) is 0. The van der Waals surface area contributed by atoms with Gasteiger partial charge in [0.15, 0.2) is 0 Å². The molecule has 5 rings (SSSR count). The maximum atomic E-state index is 4.61. The van der Waals surface area contributed by atoms with Crippen molar-refractivity contribution in [2.75, 3.05) is 0 Å². The summed E-state index contributed by atoms with van der Waals surface area (Å²) in [6.07, 6.45) is 5.64. The van der Waals surface area contributed by atoms with Crippen LogP contribution in [0.2, 0.25) is 0 Å². The van der Waals surface area contributed by atoms with Crippen molar-refractivity contribution < 1.29 is 0 Å². The van der Waals surface area contributed by atoms with Crippen LogP contribution >= 0.6 is 0 Å². The summed E-state index contributed by atoms with van der Waals surface area (Å²) < 4.78 is 0. The second-order valence-corrected chi connectivity index (χ2v) is 7.33. The Balaban J connectivity index is 1.72. The van der Waals surface area contributed by atoms with Crippen LogP contribution in [0.4, 0.5) is 0 Å². The lowest BCUT2D eigenvalue weighted by atomic mass is 9.83. The fourth-order valence-corrected chi connectivity index (χ4v) is 6.01. The number of allylic oxidation sites excluding steroid dienone is 1. The fraction of sp³-hybridized carbons (Fsp3) is 0.364. The third-order valence-corrected chi connectivity index (χ3v) is 6.75. The average Bonchev–Trinajstić information content (AvgIpc) is 3.44. The summed E-state index contributed by atoms with van der Waals surface area (Å²) in [6.45, 7) is 4.61. The van der Waals surface area contributed by atoms with Crippen molar-refractivity contribution in [1.82, 2.24) is 0 Å². The number of benzene rings is 2. The molecular formula is C22H22. The van der Waals surface area contributed by atoms with Crippen LogP contribution in [0.25, 0.3) is 0 Å². The molecular weight excluding hydrogens is 264 g/mol. The van der Waals surface area contributed by atoms with Crippen molar-refractivity contribution in [2.45, 2.75) is 31.1 Å². The lowest BCUT2D eigenvalue weighted by molar-refractivity contribution is 0.480. The Morgan fingerprint density at radius 2 is 1.18 bits per heavy atom. The minimum atomic E-state index is 0.0925. The quantitative estimate of drug-likeness (QED) is 0.653. The molecule has 2 aromatic rings. The first-order chi connectivity index (χ1) is 10.8. The molecule has 0 saturated heterocycles. The molecule has 0 heterocycles. The summed E-state index contributed by atoms with van der Waals surface area (Å²) in [5, 5.41) is 0. The number of hydrogen-bond acceptors (Lipinski definition) is 0. The van der Waals surface area contributed by atoms with Gasteiger partial charge in [-0.25, -0.2) is 0 Å². The summed E-state index contributed by atoms with van der Waals surface area (Å²) in [5.74, 6) is 1.77. The summed E-state index contributed by atoms with van der Waals surface area (Å²) in [6, 6.07) is 22.3. The predicted octanol–water partition coefficient (Wildman–Crippen LogP) is 5.35. The Labute approximate surface area is 132 Å². The van der Waals surface area contributed by atoms with Crippen LogP contribution in [0.15, 0.2) is 72.8 Å². The summed E-state index contributed by atoms with van der Waals surface area (Å²) in [4.78, 5) is 0. The van der Waals surface area contributed by atoms with Crippen molar-refractivity contribution in [3.8, 4) is 0 Å². The van der Waals surface area contributed by atoms with Crippen LogP contribution in [-0.4, -0.2) is 0 Å². The van der Waals surface area contributed by atoms with Gasteiger partial charge < -0.3 is 0 Å². The molecule has 1 spiro atoms. The molecule has 3 saturated carbocycles. The summed E-state index contributed by atoms with van der Waals surface area (Å²) in [5.41, 5.74) is 4.89. The van der Waals surface area contributed by atoms with Gasteiger partial charge in [-0.3, -0.25) is 0 Å². The fourth-order valence-electron chi connectivity index (χ4n) is 6.01.